The van der Waals surface area contributed by atoms with Crippen molar-refractivity contribution >= 4 is 0 Å². The molecule has 0 bridgehead atoms. The Morgan fingerprint density at radius 2 is 1.92 bits per heavy atom. The Hall–Kier alpha value is -0.0800. The fraction of sp³-hybridized carbons (Fsp3) is 1.00. The summed E-state index contributed by atoms with van der Waals surface area (Å²) >= 11 is 0. The minimum atomic E-state index is 0.324. The molecule has 0 N–H and O–H groups in total. The lowest BCUT2D eigenvalue weighted by molar-refractivity contribution is -0.101. The van der Waals surface area contributed by atoms with E-state index in [4.69, 9.17) is 4.74 Å². The average Bonchev–Trinajstić information content (AvgIpc) is 2.01. The van der Waals surface area contributed by atoms with Gasteiger partial charge < -0.3 is 4.74 Å². The number of nitrogens with zero attached hydrogens (tertiary/aromatic N) is 1. The van der Waals surface area contributed by atoms with Gasteiger partial charge in [0.1, 0.15) is 0 Å². The Labute approximate surface area is 82.3 Å². The van der Waals surface area contributed by atoms with Crippen molar-refractivity contribution in [3.05, 3.63) is 0 Å². The fourth-order valence-electron chi connectivity index (χ4n) is 2.01. The van der Waals surface area contributed by atoms with E-state index in [1.54, 1.807) is 0 Å². The summed E-state index contributed by atoms with van der Waals surface area (Å²) in [5.41, 5.74) is 0.324. The van der Waals surface area contributed by atoms with E-state index in [-0.39, 0.29) is 0 Å². The van der Waals surface area contributed by atoms with Crippen LogP contribution in [0.25, 0.3) is 0 Å². The van der Waals surface area contributed by atoms with Crippen LogP contribution in [0.2, 0.25) is 0 Å². The molecule has 0 aliphatic carbocycles. The molecule has 1 saturated heterocycles. The SMILES string of the molecule is CC(C)OCC1(C(C)C)CCN1C. The second kappa shape index (κ2) is 3.97. The van der Waals surface area contributed by atoms with Crippen LogP contribution in [0.15, 0.2) is 0 Å². The van der Waals surface area contributed by atoms with E-state index >= 15 is 0 Å². The second-order valence-electron chi connectivity index (χ2n) is 4.79. The molecule has 1 aliphatic rings. The number of likely N-dealkylation sites (tertiary alicyclic amines) is 1. The van der Waals surface area contributed by atoms with Crippen LogP contribution in [0.3, 0.4) is 0 Å². The van der Waals surface area contributed by atoms with Crippen molar-refractivity contribution < 1.29 is 4.74 Å². The minimum absolute atomic E-state index is 0.324. The molecule has 0 amide bonds. The van der Waals surface area contributed by atoms with Crippen molar-refractivity contribution in [2.75, 3.05) is 20.2 Å². The highest BCUT2D eigenvalue weighted by Crippen LogP contribution is 2.36. The van der Waals surface area contributed by atoms with Gasteiger partial charge in [-0.15, -0.1) is 0 Å². The number of hydrogen-bond donors (Lipinski definition) is 0. The Bertz CT molecular complexity index is 161. The molecule has 13 heavy (non-hydrogen) atoms. The summed E-state index contributed by atoms with van der Waals surface area (Å²) < 4.78 is 5.74. The van der Waals surface area contributed by atoms with Gasteiger partial charge in [0.25, 0.3) is 0 Å². The summed E-state index contributed by atoms with van der Waals surface area (Å²) in [6.45, 7) is 10.9. The standard InChI is InChI=1S/C11H23NO/c1-9(2)11(6-7-12(11)5)8-13-10(3)4/h9-10H,6-8H2,1-5H3. The third kappa shape index (κ3) is 2.05. The van der Waals surface area contributed by atoms with E-state index in [0.717, 1.165) is 6.61 Å². The molecule has 0 aromatic rings. The zero-order valence-corrected chi connectivity index (χ0v) is 9.63. The largest absolute Gasteiger partial charge is 0.377 e. The summed E-state index contributed by atoms with van der Waals surface area (Å²) in [7, 11) is 2.20. The molecule has 1 heterocycles. The van der Waals surface area contributed by atoms with Crippen LogP contribution < -0.4 is 0 Å². The van der Waals surface area contributed by atoms with Gasteiger partial charge in [-0.2, -0.15) is 0 Å². The first kappa shape index (κ1) is 11.0. The van der Waals surface area contributed by atoms with Gasteiger partial charge in [0.15, 0.2) is 0 Å². The highest BCUT2D eigenvalue weighted by atomic mass is 16.5. The van der Waals surface area contributed by atoms with Crippen LogP contribution in [0, 0.1) is 5.92 Å². The maximum absolute atomic E-state index is 5.74. The number of likely N-dealkylation sites (N-methyl/N-ethyl adjacent to an activating group) is 1. The van der Waals surface area contributed by atoms with Gasteiger partial charge >= 0.3 is 0 Å². The lowest BCUT2D eigenvalue weighted by Crippen LogP contribution is -2.63. The Morgan fingerprint density at radius 3 is 2.15 bits per heavy atom. The molecule has 1 unspecified atom stereocenters. The van der Waals surface area contributed by atoms with Crippen molar-refractivity contribution in [3.8, 4) is 0 Å². The van der Waals surface area contributed by atoms with Crippen molar-refractivity contribution in [2.45, 2.75) is 45.8 Å². The molecule has 2 nitrogen and oxygen atoms in total. The van der Waals surface area contributed by atoms with Crippen LogP contribution in [-0.4, -0.2) is 36.7 Å². The quantitative estimate of drug-likeness (QED) is 0.665. The summed E-state index contributed by atoms with van der Waals surface area (Å²) in [5, 5.41) is 0. The van der Waals surface area contributed by atoms with Crippen molar-refractivity contribution in [1.29, 1.82) is 0 Å². The zero-order valence-electron chi connectivity index (χ0n) is 9.63. The lowest BCUT2D eigenvalue weighted by Gasteiger charge is -2.54. The van der Waals surface area contributed by atoms with Crippen LogP contribution in [-0.2, 0) is 4.74 Å². The molecule has 1 rings (SSSR count). The lowest BCUT2D eigenvalue weighted by atomic mass is 9.76. The highest BCUT2D eigenvalue weighted by Gasteiger charge is 2.45. The van der Waals surface area contributed by atoms with E-state index in [1.165, 1.54) is 13.0 Å². The van der Waals surface area contributed by atoms with Crippen molar-refractivity contribution in [1.82, 2.24) is 4.90 Å². The first-order chi connectivity index (χ1) is 5.99. The number of hydrogen-bond acceptors (Lipinski definition) is 2. The number of rotatable bonds is 4. The molecule has 1 aliphatic heterocycles. The topological polar surface area (TPSA) is 12.5 Å². The van der Waals surface area contributed by atoms with E-state index < -0.39 is 0 Å². The third-order valence-corrected chi connectivity index (χ3v) is 3.38. The van der Waals surface area contributed by atoms with Gasteiger partial charge in [-0.25, -0.2) is 0 Å². The van der Waals surface area contributed by atoms with E-state index in [9.17, 15) is 0 Å². The van der Waals surface area contributed by atoms with Crippen LogP contribution >= 0.6 is 0 Å². The molecule has 0 aromatic heterocycles. The molecule has 78 valence electrons. The predicted molar refractivity (Wildman–Crippen MR) is 55.9 cm³/mol. The van der Waals surface area contributed by atoms with E-state index in [0.29, 0.717) is 17.6 Å². The van der Waals surface area contributed by atoms with Gasteiger partial charge in [-0.05, 0) is 33.2 Å². The zero-order chi connectivity index (χ0) is 10.1. The fourth-order valence-corrected chi connectivity index (χ4v) is 2.01. The maximum Gasteiger partial charge on any atom is 0.0656 e. The first-order valence-corrected chi connectivity index (χ1v) is 5.32. The molecule has 0 spiro atoms. The van der Waals surface area contributed by atoms with Crippen molar-refractivity contribution in [3.63, 3.8) is 0 Å². The molecular weight excluding hydrogens is 162 g/mol. The van der Waals surface area contributed by atoms with Crippen LogP contribution in [0.1, 0.15) is 34.1 Å². The molecule has 1 atom stereocenters. The Kier molecular flexibility index (Phi) is 3.36. The molecule has 0 aromatic carbocycles. The molecule has 1 fully saturated rings. The Balaban J connectivity index is 2.49. The molecule has 0 radical (unpaired) electrons. The summed E-state index contributed by atoms with van der Waals surface area (Å²) in [4.78, 5) is 2.43. The van der Waals surface area contributed by atoms with E-state index in [1.807, 2.05) is 0 Å². The summed E-state index contributed by atoms with van der Waals surface area (Å²) in [6.07, 6.45) is 1.64. The third-order valence-electron chi connectivity index (χ3n) is 3.38. The summed E-state index contributed by atoms with van der Waals surface area (Å²) in [5.74, 6) is 0.685. The molecule has 2 heteroatoms. The number of ether oxygens (including phenoxy) is 1. The first-order valence-electron chi connectivity index (χ1n) is 5.32. The van der Waals surface area contributed by atoms with E-state index in [2.05, 4.69) is 39.6 Å². The predicted octanol–water partition coefficient (Wildman–Crippen LogP) is 2.14. The van der Waals surface area contributed by atoms with Gasteiger partial charge in [0.2, 0.25) is 0 Å². The smallest absolute Gasteiger partial charge is 0.0656 e. The van der Waals surface area contributed by atoms with Gasteiger partial charge in [0, 0.05) is 12.1 Å². The normalized spacial score (nSPS) is 29.8. The van der Waals surface area contributed by atoms with Crippen LogP contribution in [0.4, 0.5) is 0 Å². The second-order valence-corrected chi connectivity index (χ2v) is 4.79. The van der Waals surface area contributed by atoms with Crippen LogP contribution in [0.5, 0.6) is 0 Å². The molecular formula is C11H23NO. The van der Waals surface area contributed by atoms with Gasteiger partial charge in [0.05, 0.1) is 12.7 Å². The summed E-state index contributed by atoms with van der Waals surface area (Å²) in [6, 6.07) is 0. The maximum atomic E-state index is 5.74. The van der Waals surface area contributed by atoms with Gasteiger partial charge in [-0.1, -0.05) is 13.8 Å². The van der Waals surface area contributed by atoms with Gasteiger partial charge in [-0.3, -0.25) is 4.90 Å². The highest BCUT2D eigenvalue weighted by molar-refractivity contribution is 5.00. The monoisotopic (exact) mass is 185 g/mol. The van der Waals surface area contributed by atoms with Crippen molar-refractivity contribution in [2.24, 2.45) is 5.92 Å². The Morgan fingerprint density at radius 1 is 1.31 bits per heavy atom. The average molecular weight is 185 g/mol. The minimum Gasteiger partial charge on any atom is -0.377 e. The molecule has 0 saturated carbocycles.